The van der Waals surface area contributed by atoms with E-state index < -0.39 is 5.97 Å². The number of hydrogen-bond acceptors (Lipinski definition) is 3. The van der Waals surface area contributed by atoms with Gasteiger partial charge in [0.2, 0.25) is 0 Å². The van der Waals surface area contributed by atoms with Gasteiger partial charge in [-0.2, -0.15) is 0 Å². The molecule has 4 heteroatoms. The van der Waals surface area contributed by atoms with Gasteiger partial charge in [0.05, 0.1) is 12.7 Å². The van der Waals surface area contributed by atoms with Crippen LogP contribution in [0.25, 0.3) is 0 Å². The van der Waals surface area contributed by atoms with Crippen molar-refractivity contribution in [3.63, 3.8) is 0 Å². The Kier molecular flexibility index (Phi) is 9.67. The second-order valence-corrected chi connectivity index (χ2v) is 5.95. The SMILES string of the molecule is CCCCCCCCCCCC1NCCN1CC(=O)O. The summed E-state index contributed by atoms with van der Waals surface area (Å²) in [4.78, 5) is 12.8. The molecule has 0 radical (unpaired) electrons. The predicted octanol–water partition coefficient (Wildman–Crippen LogP) is 3.22. The van der Waals surface area contributed by atoms with Crippen LogP contribution in [0.1, 0.15) is 71.1 Å². The summed E-state index contributed by atoms with van der Waals surface area (Å²) in [6.45, 7) is 4.23. The van der Waals surface area contributed by atoms with Gasteiger partial charge in [0, 0.05) is 13.1 Å². The Bertz CT molecular complexity index is 259. The molecule has 0 aromatic heterocycles. The van der Waals surface area contributed by atoms with E-state index in [9.17, 15) is 4.79 Å². The van der Waals surface area contributed by atoms with Gasteiger partial charge < -0.3 is 10.4 Å². The molecule has 0 aromatic carbocycles. The van der Waals surface area contributed by atoms with Crippen molar-refractivity contribution in [3.8, 4) is 0 Å². The van der Waals surface area contributed by atoms with E-state index in [4.69, 9.17) is 5.11 Å². The summed E-state index contributed by atoms with van der Waals surface area (Å²) >= 11 is 0. The summed E-state index contributed by atoms with van der Waals surface area (Å²) in [7, 11) is 0. The van der Waals surface area contributed by atoms with Crippen LogP contribution in [0.2, 0.25) is 0 Å². The van der Waals surface area contributed by atoms with Crippen LogP contribution in [-0.4, -0.2) is 41.8 Å². The Morgan fingerprint density at radius 1 is 1.10 bits per heavy atom. The summed E-state index contributed by atoms with van der Waals surface area (Å²) in [6, 6.07) is 0. The van der Waals surface area contributed by atoms with Gasteiger partial charge in [-0.05, 0) is 6.42 Å². The van der Waals surface area contributed by atoms with Gasteiger partial charge in [-0.15, -0.1) is 0 Å². The normalized spacial score (nSPS) is 19.6. The molecule has 1 aliphatic rings. The van der Waals surface area contributed by atoms with Crippen molar-refractivity contribution >= 4 is 5.97 Å². The van der Waals surface area contributed by atoms with Gasteiger partial charge in [0.25, 0.3) is 0 Å². The molecule has 0 aromatic rings. The van der Waals surface area contributed by atoms with Crippen molar-refractivity contribution in [2.75, 3.05) is 19.6 Å². The molecule has 20 heavy (non-hydrogen) atoms. The van der Waals surface area contributed by atoms with E-state index in [0.717, 1.165) is 19.5 Å². The number of carbonyl (C=O) groups is 1. The maximum absolute atomic E-state index is 10.8. The number of carboxylic acid groups (broad SMARTS) is 1. The second kappa shape index (κ2) is 11.1. The maximum atomic E-state index is 10.8. The van der Waals surface area contributed by atoms with Crippen LogP contribution in [0.4, 0.5) is 0 Å². The van der Waals surface area contributed by atoms with Crippen LogP contribution < -0.4 is 5.32 Å². The Balaban J connectivity index is 1.94. The lowest BCUT2D eigenvalue weighted by Gasteiger charge is -2.21. The summed E-state index contributed by atoms with van der Waals surface area (Å²) in [5.41, 5.74) is 0. The Morgan fingerprint density at radius 3 is 2.30 bits per heavy atom. The first kappa shape index (κ1) is 17.4. The molecule has 1 saturated heterocycles. The van der Waals surface area contributed by atoms with Crippen molar-refractivity contribution in [1.29, 1.82) is 0 Å². The van der Waals surface area contributed by atoms with E-state index >= 15 is 0 Å². The first-order valence-electron chi connectivity index (χ1n) is 8.43. The zero-order valence-electron chi connectivity index (χ0n) is 13.1. The molecule has 1 aliphatic heterocycles. The molecular weight excluding hydrogens is 252 g/mol. The lowest BCUT2D eigenvalue weighted by atomic mass is 10.1. The van der Waals surface area contributed by atoms with E-state index in [1.165, 1.54) is 57.8 Å². The Hall–Kier alpha value is -0.610. The largest absolute Gasteiger partial charge is 0.480 e. The zero-order chi connectivity index (χ0) is 14.6. The minimum absolute atomic E-state index is 0.176. The minimum Gasteiger partial charge on any atom is -0.480 e. The van der Waals surface area contributed by atoms with E-state index in [0.29, 0.717) is 0 Å². The minimum atomic E-state index is -0.717. The fraction of sp³-hybridized carbons (Fsp3) is 0.938. The standard InChI is InChI=1S/C16H32N2O2/c1-2-3-4-5-6-7-8-9-10-11-15-17-12-13-18(15)14-16(19)20/h15,17H,2-14H2,1H3,(H,19,20). The molecule has 1 heterocycles. The van der Waals surface area contributed by atoms with Crippen LogP contribution >= 0.6 is 0 Å². The first-order valence-corrected chi connectivity index (χ1v) is 8.43. The monoisotopic (exact) mass is 284 g/mol. The highest BCUT2D eigenvalue weighted by Crippen LogP contribution is 2.14. The number of nitrogens with zero attached hydrogens (tertiary/aromatic N) is 1. The van der Waals surface area contributed by atoms with Crippen molar-refractivity contribution in [3.05, 3.63) is 0 Å². The lowest BCUT2D eigenvalue weighted by Crippen LogP contribution is -2.38. The highest BCUT2D eigenvalue weighted by molar-refractivity contribution is 5.69. The van der Waals surface area contributed by atoms with E-state index in [-0.39, 0.29) is 12.7 Å². The van der Waals surface area contributed by atoms with E-state index in [2.05, 4.69) is 12.2 Å². The second-order valence-electron chi connectivity index (χ2n) is 5.95. The van der Waals surface area contributed by atoms with Crippen molar-refractivity contribution in [1.82, 2.24) is 10.2 Å². The van der Waals surface area contributed by atoms with Gasteiger partial charge in [0.15, 0.2) is 0 Å². The third kappa shape index (κ3) is 7.85. The van der Waals surface area contributed by atoms with Gasteiger partial charge in [-0.1, -0.05) is 64.7 Å². The van der Waals surface area contributed by atoms with Gasteiger partial charge in [-0.3, -0.25) is 9.69 Å². The molecule has 0 amide bonds. The lowest BCUT2D eigenvalue weighted by molar-refractivity contribution is -0.138. The molecule has 0 saturated carbocycles. The van der Waals surface area contributed by atoms with Crippen molar-refractivity contribution in [2.45, 2.75) is 77.3 Å². The molecule has 1 atom stereocenters. The molecule has 0 spiro atoms. The van der Waals surface area contributed by atoms with Gasteiger partial charge in [0.1, 0.15) is 0 Å². The van der Waals surface area contributed by atoms with Crippen LogP contribution in [0.5, 0.6) is 0 Å². The van der Waals surface area contributed by atoms with E-state index in [1.54, 1.807) is 0 Å². The number of rotatable bonds is 12. The van der Waals surface area contributed by atoms with Gasteiger partial charge in [-0.25, -0.2) is 0 Å². The van der Waals surface area contributed by atoms with Gasteiger partial charge >= 0.3 is 5.97 Å². The first-order chi connectivity index (χ1) is 9.74. The molecule has 4 nitrogen and oxygen atoms in total. The zero-order valence-corrected chi connectivity index (χ0v) is 13.1. The van der Waals surface area contributed by atoms with Crippen molar-refractivity contribution < 1.29 is 9.90 Å². The third-order valence-electron chi connectivity index (χ3n) is 4.14. The Morgan fingerprint density at radius 2 is 1.70 bits per heavy atom. The average Bonchev–Trinajstić information content (AvgIpc) is 2.83. The summed E-state index contributed by atoms with van der Waals surface area (Å²) in [5, 5.41) is 12.3. The molecular formula is C16H32N2O2. The molecule has 1 rings (SSSR count). The molecule has 1 fully saturated rings. The highest BCUT2D eigenvalue weighted by Gasteiger charge is 2.24. The quantitative estimate of drug-likeness (QED) is 0.540. The number of hydrogen-bond donors (Lipinski definition) is 2. The molecule has 118 valence electrons. The van der Waals surface area contributed by atoms with Crippen LogP contribution in [0.3, 0.4) is 0 Å². The van der Waals surface area contributed by atoms with Crippen LogP contribution in [0.15, 0.2) is 0 Å². The number of carboxylic acids is 1. The number of aliphatic carboxylic acids is 1. The molecule has 1 unspecified atom stereocenters. The fourth-order valence-corrected chi connectivity index (χ4v) is 2.96. The molecule has 0 bridgehead atoms. The van der Waals surface area contributed by atoms with Crippen molar-refractivity contribution in [2.24, 2.45) is 0 Å². The summed E-state index contributed by atoms with van der Waals surface area (Å²) < 4.78 is 0. The van der Waals surface area contributed by atoms with E-state index in [1.807, 2.05) is 4.90 Å². The Labute approximate surface area is 123 Å². The summed E-state index contributed by atoms with van der Waals surface area (Å²) in [5.74, 6) is -0.717. The molecule has 0 aliphatic carbocycles. The molecule has 2 N–H and O–H groups in total. The third-order valence-corrected chi connectivity index (χ3v) is 4.14. The maximum Gasteiger partial charge on any atom is 0.317 e. The van der Waals surface area contributed by atoms with Crippen LogP contribution in [-0.2, 0) is 4.79 Å². The predicted molar refractivity (Wildman–Crippen MR) is 82.8 cm³/mol. The smallest absolute Gasteiger partial charge is 0.317 e. The number of nitrogens with one attached hydrogen (secondary N) is 1. The summed E-state index contributed by atoms with van der Waals surface area (Å²) in [6.07, 6.45) is 13.4. The topological polar surface area (TPSA) is 52.6 Å². The number of unbranched alkanes of at least 4 members (excludes halogenated alkanes) is 8. The van der Waals surface area contributed by atoms with Crippen LogP contribution in [0, 0.1) is 0 Å². The fourth-order valence-electron chi connectivity index (χ4n) is 2.96. The average molecular weight is 284 g/mol. The highest BCUT2D eigenvalue weighted by atomic mass is 16.4.